The molecule has 0 saturated carbocycles. The first kappa shape index (κ1) is 15.2. The van der Waals surface area contributed by atoms with Gasteiger partial charge in [0.1, 0.15) is 0 Å². The van der Waals surface area contributed by atoms with Crippen molar-refractivity contribution in [3.8, 4) is 0 Å². The van der Waals surface area contributed by atoms with E-state index in [4.69, 9.17) is 28.3 Å². The number of nitrogens with two attached hydrogens (primary N) is 4. The zero-order chi connectivity index (χ0) is 14.3. The number of thioether (sulfide) groups is 1. The molecule has 0 atom stereocenters. The second-order valence-corrected chi connectivity index (χ2v) is 5.33. The van der Waals surface area contributed by atoms with Crippen LogP contribution in [0.3, 0.4) is 0 Å². The SMILES string of the molecule is N=C(N)C(N)=NCCSCc1csc(N=C(N)N)n1. The van der Waals surface area contributed by atoms with Crippen molar-refractivity contribution >= 4 is 45.9 Å². The van der Waals surface area contributed by atoms with Crippen LogP contribution in [0.4, 0.5) is 5.13 Å². The number of nitrogens with zero attached hydrogens (tertiary/aromatic N) is 3. The Morgan fingerprint density at radius 1 is 1.37 bits per heavy atom. The molecular formula is C9H16N8S2. The maximum absolute atomic E-state index is 7.05. The molecule has 104 valence electrons. The van der Waals surface area contributed by atoms with Crippen LogP contribution in [0.25, 0.3) is 0 Å². The number of aliphatic imine (C=N–C) groups is 2. The van der Waals surface area contributed by atoms with Gasteiger partial charge in [-0.15, -0.1) is 11.3 Å². The molecule has 0 fully saturated rings. The summed E-state index contributed by atoms with van der Waals surface area (Å²) < 4.78 is 0. The molecular weight excluding hydrogens is 284 g/mol. The van der Waals surface area contributed by atoms with Gasteiger partial charge in [0.25, 0.3) is 0 Å². The summed E-state index contributed by atoms with van der Waals surface area (Å²) in [5.74, 6) is 1.38. The van der Waals surface area contributed by atoms with Gasteiger partial charge in [-0.25, -0.2) is 4.98 Å². The maximum atomic E-state index is 7.05. The largest absolute Gasteiger partial charge is 0.381 e. The topological polar surface area (TPSA) is 166 Å². The number of nitrogens with one attached hydrogen (secondary N) is 1. The minimum absolute atomic E-state index is 0.00241. The summed E-state index contributed by atoms with van der Waals surface area (Å²) in [5, 5.41) is 9.50. The molecule has 0 unspecified atom stereocenters. The van der Waals surface area contributed by atoms with Crippen LogP contribution in [0, 0.1) is 5.41 Å². The van der Waals surface area contributed by atoms with Crippen LogP contribution in [0.5, 0.6) is 0 Å². The van der Waals surface area contributed by atoms with Crippen molar-refractivity contribution in [1.82, 2.24) is 4.98 Å². The third kappa shape index (κ3) is 6.06. The quantitative estimate of drug-likeness (QED) is 0.271. The summed E-state index contributed by atoms with van der Waals surface area (Å²) in [5.41, 5.74) is 22.0. The molecule has 0 aromatic carbocycles. The molecule has 0 amide bonds. The van der Waals surface area contributed by atoms with Crippen LogP contribution in [-0.4, -0.2) is 34.9 Å². The van der Waals surface area contributed by atoms with E-state index in [0.717, 1.165) is 17.2 Å². The third-order valence-corrected chi connectivity index (χ3v) is 3.56. The highest BCUT2D eigenvalue weighted by molar-refractivity contribution is 7.98. The molecule has 0 spiro atoms. The van der Waals surface area contributed by atoms with Gasteiger partial charge in [0, 0.05) is 16.9 Å². The van der Waals surface area contributed by atoms with Crippen LogP contribution in [0.1, 0.15) is 5.69 Å². The molecule has 0 aliphatic heterocycles. The molecule has 1 aromatic heterocycles. The smallest absolute Gasteiger partial charge is 0.212 e. The zero-order valence-corrected chi connectivity index (χ0v) is 11.8. The van der Waals surface area contributed by atoms with Gasteiger partial charge in [-0.1, -0.05) is 0 Å². The average Bonchev–Trinajstić information content (AvgIpc) is 2.75. The van der Waals surface area contributed by atoms with E-state index >= 15 is 0 Å². The van der Waals surface area contributed by atoms with E-state index < -0.39 is 0 Å². The van der Waals surface area contributed by atoms with E-state index in [1.54, 1.807) is 11.8 Å². The first-order valence-corrected chi connectivity index (χ1v) is 7.28. The van der Waals surface area contributed by atoms with Crippen molar-refractivity contribution in [2.24, 2.45) is 32.9 Å². The molecule has 8 nitrogen and oxygen atoms in total. The highest BCUT2D eigenvalue weighted by Crippen LogP contribution is 2.21. The van der Waals surface area contributed by atoms with E-state index in [2.05, 4.69) is 15.0 Å². The third-order valence-electron chi connectivity index (χ3n) is 1.81. The Morgan fingerprint density at radius 3 is 2.74 bits per heavy atom. The minimum Gasteiger partial charge on any atom is -0.381 e. The number of rotatable bonds is 6. The van der Waals surface area contributed by atoms with E-state index in [-0.39, 0.29) is 17.6 Å². The van der Waals surface area contributed by atoms with Crippen molar-refractivity contribution in [1.29, 1.82) is 5.41 Å². The Hall–Kier alpha value is -1.81. The minimum atomic E-state index is -0.202. The van der Waals surface area contributed by atoms with Crippen molar-refractivity contribution < 1.29 is 0 Å². The molecule has 19 heavy (non-hydrogen) atoms. The van der Waals surface area contributed by atoms with Crippen molar-refractivity contribution in [2.45, 2.75) is 5.75 Å². The maximum Gasteiger partial charge on any atom is 0.212 e. The number of hydrogen-bond donors (Lipinski definition) is 5. The molecule has 0 radical (unpaired) electrons. The van der Waals surface area contributed by atoms with E-state index in [0.29, 0.717) is 11.7 Å². The molecule has 9 N–H and O–H groups in total. The van der Waals surface area contributed by atoms with Gasteiger partial charge < -0.3 is 22.9 Å². The molecule has 1 aromatic rings. The van der Waals surface area contributed by atoms with E-state index in [1.807, 2.05) is 5.38 Å². The predicted octanol–water partition coefficient (Wildman–Crippen LogP) is -0.426. The van der Waals surface area contributed by atoms with Crippen LogP contribution < -0.4 is 22.9 Å². The van der Waals surface area contributed by atoms with Gasteiger partial charge in [0.15, 0.2) is 17.6 Å². The number of aromatic nitrogens is 1. The Labute approximate surface area is 118 Å². The lowest BCUT2D eigenvalue weighted by atomic mass is 10.5. The highest BCUT2D eigenvalue weighted by atomic mass is 32.2. The van der Waals surface area contributed by atoms with Crippen molar-refractivity contribution in [3.05, 3.63) is 11.1 Å². The molecule has 0 aliphatic rings. The predicted molar refractivity (Wildman–Crippen MR) is 82.1 cm³/mol. The Balaban J connectivity index is 2.30. The summed E-state index contributed by atoms with van der Waals surface area (Å²) >= 11 is 3.04. The number of thiazole rings is 1. The Bertz CT molecular complexity index is 488. The lowest BCUT2D eigenvalue weighted by Gasteiger charge is -1.98. The van der Waals surface area contributed by atoms with Crippen LogP contribution in [0.15, 0.2) is 15.4 Å². The fourth-order valence-electron chi connectivity index (χ4n) is 1.02. The Morgan fingerprint density at radius 2 is 2.11 bits per heavy atom. The van der Waals surface area contributed by atoms with Crippen LogP contribution in [0.2, 0.25) is 0 Å². The zero-order valence-electron chi connectivity index (χ0n) is 10.2. The van der Waals surface area contributed by atoms with Gasteiger partial charge in [-0.05, 0) is 0 Å². The van der Waals surface area contributed by atoms with Crippen molar-refractivity contribution in [2.75, 3.05) is 12.3 Å². The van der Waals surface area contributed by atoms with Gasteiger partial charge in [-0.3, -0.25) is 10.4 Å². The van der Waals surface area contributed by atoms with Crippen LogP contribution in [-0.2, 0) is 5.75 Å². The summed E-state index contributed by atoms with van der Waals surface area (Å²) in [6, 6.07) is 0. The second kappa shape index (κ2) is 7.59. The van der Waals surface area contributed by atoms with Crippen molar-refractivity contribution in [3.63, 3.8) is 0 Å². The summed E-state index contributed by atoms with van der Waals surface area (Å²) in [7, 11) is 0. The normalized spacial score (nSPS) is 11.3. The number of amidine groups is 2. The highest BCUT2D eigenvalue weighted by Gasteiger charge is 2.01. The van der Waals surface area contributed by atoms with Gasteiger partial charge in [0.2, 0.25) is 5.13 Å². The molecule has 10 heteroatoms. The molecule has 0 aliphatic carbocycles. The molecule has 0 saturated heterocycles. The second-order valence-electron chi connectivity index (χ2n) is 3.39. The van der Waals surface area contributed by atoms with Gasteiger partial charge in [-0.2, -0.15) is 16.8 Å². The standard InChI is InChI=1S/C9H16N8S2/c10-6(11)7(12)15-1-2-18-3-5-4-19-9(16-5)17-8(13)14/h4H,1-3H2,(H3,10,11)(H2,12,15)(H4,13,14,16,17). The first-order chi connectivity index (χ1) is 8.99. The lowest BCUT2D eigenvalue weighted by Crippen LogP contribution is -2.30. The summed E-state index contributed by atoms with van der Waals surface area (Å²) in [6.45, 7) is 0.515. The van der Waals surface area contributed by atoms with Gasteiger partial charge >= 0.3 is 0 Å². The fourth-order valence-corrected chi connectivity index (χ4v) is 2.55. The average molecular weight is 300 g/mol. The first-order valence-electron chi connectivity index (χ1n) is 5.25. The molecule has 1 heterocycles. The summed E-state index contributed by atoms with van der Waals surface area (Å²) in [6.07, 6.45) is 0. The summed E-state index contributed by atoms with van der Waals surface area (Å²) in [4.78, 5) is 12.1. The number of guanidine groups is 1. The molecule has 0 bridgehead atoms. The van der Waals surface area contributed by atoms with Gasteiger partial charge in [0.05, 0.1) is 12.2 Å². The molecule has 1 rings (SSSR count). The van der Waals surface area contributed by atoms with E-state index in [9.17, 15) is 0 Å². The lowest BCUT2D eigenvalue weighted by molar-refractivity contribution is 1.13. The fraction of sp³-hybridized carbons (Fsp3) is 0.333. The van der Waals surface area contributed by atoms with E-state index in [1.165, 1.54) is 11.3 Å². The number of hydrogen-bond acceptors (Lipinski definition) is 6. The van der Waals surface area contributed by atoms with Crippen LogP contribution >= 0.6 is 23.1 Å². The monoisotopic (exact) mass is 300 g/mol. The Kier molecular flexibility index (Phi) is 6.09.